The molecule has 3 aromatic carbocycles. The van der Waals surface area contributed by atoms with E-state index in [2.05, 4.69) is 88.7 Å². The predicted molar refractivity (Wildman–Crippen MR) is 531 cm³/mol. The molecule has 53 heteroatoms. The van der Waals surface area contributed by atoms with Crippen LogP contribution < -0.4 is 81.0 Å². The van der Waals surface area contributed by atoms with Crippen molar-refractivity contribution in [2.45, 2.75) is 189 Å². The van der Waals surface area contributed by atoms with E-state index in [-0.39, 0.29) is 129 Å². The zero-order chi connectivity index (χ0) is 107. The molecule has 3 saturated heterocycles. The molecule has 10 rings (SSSR count). The fraction of sp³-hybridized carbons (Fsp3) is 0.500. The van der Waals surface area contributed by atoms with Gasteiger partial charge in [0.25, 0.3) is 0 Å². The van der Waals surface area contributed by atoms with E-state index in [1.807, 2.05) is 0 Å². The first-order valence-corrected chi connectivity index (χ1v) is 50.3. The Balaban J connectivity index is 0.919. The third-order valence-corrected chi connectivity index (χ3v) is 27.7. The molecule has 147 heavy (non-hydrogen) atoms. The number of H-pyrrole nitrogens is 4. The molecule has 0 unspecified atom stereocenters. The minimum absolute atomic E-state index is 0.0572. The molecule has 4 aromatic heterocycles. The van der Waals surface area contributed by atoms with Crippen molar-refractivity contribution < 1.29 is 127 Å². The van der Waals surface area contributed by atoms with Crippen molar-refractivity contribution >= 4 is 173 Å². The Kier molecular flexibility index (Phi) is 43.2. The van der Waals surface area contributed by atoms with Crippen LogP contribution in [-0.4, -0.2) is 386 Å². The van der Waals surface area contributed by atoms with Crippen LogP contribution in [0.1, 0.15) is 101 Å². The Hall–Kier alpha value is -14.7. The molecular weight excluding hydrogens is 1960 g/mol. The van der Waals surface area contributed by atoms with E-state index in [4.69, 9.17) is 17.2 Å². The monoisotopic (exact) mass is 2090 g/mol. The van der Waals surface area contributed by atoms with Gasteiger partial charge in [-0.3, -0.25) is 115 Å². The number of fused-ring (bicyclic) bond motifs is 3. The summed E-state index contributed by atoms with van der Waals surface area (Å²) in [7, 11) is 1.31. The number of imidazole rings is 1. The molecule has 15 atom stereocenters. The van der Waals surface area contributed by atoms with E-state index in [1.54, 1.807) is 112 Å². The zero-order valence-corrected chi connectivity index (χ0v) is 82.7. The lowest BCUT2D eigenvalue weighted by molar-refractivity contribution is -0.142. The quantitative estimate of drug-likeness (QED) is 0.0125. The molecule has 796 valence electrons. The number of primary amides is 3. The summed E-state index contributed by atoms with van der Waals surface area (Å²) in [5.41, 5.74) is 20.5. The number of amides is 16. The molecule has 7 heterocycles. The SMILES string of the molecule is CC[C@H](C)[C@H](NC(=O)[C@@H](NC(=O)[C@H](Cc1c[nH]c2ccccc12)NC(=O)CCCCCNC(=O)CN1CCN(CC(=O)O)CCN(CC(=O)O)CCN(CC(=O)O)CC1)[C@@H](C)O)C(=O)N[C@H]1CSSC[C@@H](C(=O)N[C@@H](Cc2c[nH]c3ccccc23)C(=O)N2C[C@@H](O)C[C@H]2C(N)=O)NC(=O)[C@H](CC(=O)O)NC(=O)[C@H](Cc2cnc[nH]2)NC(=O)[C@H](Cc2c[nH]c3ccccc23)NC(=O)[C@H](CC(N)=O)NC(=O)[C@H](CC(N)=O)NC1=O. The smallest absolute Gasteiger partial charge is 0.317 e. The highest BCUT2D eigenvalue weighted by atomic mass is 33.1. The highest BCUT2D eigenvalue weighted by molar-refractivity contribution is 8.76. The molecule has 0 aliphatic carbocycles. The molecule has 51 nitrogen and oxygen atoms in total. The van der Waals surface area contributed by atoms with Gasteiger partial charge in [0.15, 0.2) is 0 Å². The van der Waals surface area contributed by atoms with Gasteiger partial charge in [-0.05, 0) is 60.6 Å². The number of carbonyl (C=O) groups is 20. The number of hydrogen-bond donors (Lipinski definition) is 25. The molecule has 3 fully saturated rings. The Morgan fingerprint density at radius 2 is 0.939 bits per heavy atom. The van der Waals surface area contributed by atoms with E-state index >= 15 is 38.4 Å². The van der Waals surface area contributed by atoms with Crippen LogP contribution >= 0.6 is 21.6 Å². The van der Waals surface area contributed by atoms with Crippen molar-refractivity contribution in [1.82, 2.24) is 113 Å². The van der Waals surface area contributed by atoms with Gasteiger partial charge in [0, 0.05) is 179 Å². The molecule has 3 aliphatic rings. The number of aliphatic hydroxyl groups excluding tert-OH is 2. The van der Waals surface area contributed by atoms with E-state index < -0.39 is 259 Å². The van der Waals surface area contributed by atoms with Crippen LogP contribution in [0.4, 0.5) is 0 Å². The number of nitrogens with one attached hydrogen (secondary N) is 16. The molecule has 0 radical (unpaired) electrons. The van der Waals surface area contributed by atoms with Gasteiger partial charge < -0.3 is 136 Å². The van der Waals surface area contributed by atoms with Crippen LogP contribution in [0.3, 0.4) is 0 Å². The average molecular weight is 2090 g/mol. The van der Waals surface area contributed by atoms with Crippen LogP contribution in [0.15, 0.2) is 104 Å². The highest BCUT2D eigenvalue weighted by Crippen LogP contribution is 2.29. The summed E-state index contributed by atoms with van der Waals surface area (Å²) in [5.74, 6) is -25.3. The lowest BCUT2D eigenvalue weighted by atomic mass is 9.97. The number of hydrogen-bond acceptors (Lipinski definition) is 29. The Bertz CT molecular complexity index is 5830. The number of aliphatic carboxylic acids is 4. The van der Waals surface area contributed by atoms with Gasteiger partial charge in [-0.2, -0.15) is 0 Å². The van der Waals surface area contributed by atoms with Crippen molar-refractivity contribution in [2.24, 2.45) is 23.1 Å². The number of carboxylic acid groups (broad SMARTS) is 4. The van der Waals surface area contributed by atoms with Crippen molar-refractivity contribution in [3.05, 3.63) is 126 Å². The predicted octanol–water partition coefficient (Wildman–Crippen LogP) is -5.90. The van der Waals surface area contributed by atoms with Crippen molar-refractivity contribution in [3.63, 3.8) is 0 Å². The number of likely N-dealkylation sites (tertiary alicyclic amines) is 1. The zero-order valence-electron chi connectivity index (χ0n) is 81.1. The summed E-state index contributed by atoms with van der Waals surface area (Å²) < 4.78 is 0. The number of para-hydroxylation sites is 3. The number of β-amino-alcohol motifs (C(OH)–C–C–N with tert-alkyl or cyclic N) is 1. The van der Waals surface area contributed by atoms with Gasteiger partial charge in [-0.1, -0.05) is 103 Å². The summed E-state index contributed by atoms with van der Waals surface area (Å²) in [5, 5.41) is 94.0. The number of carbonyl (C=O) groups excluding carboxylic acids is 16. The minimum Gasteiger partial charge on any atom is -0.481 e. The second-order valence-corrected chi connectivity index (χ2v) is 39.0. The van der Waals surface area contributed by atoms with Crippen LogP contribution in [0.25, 0.3) is 32.7 Å². The van der Waals surface area contributed by atoms with Gasteiger partial charge >= 0.3 is 23.9 Å². The lowest BCUT2D eigenvalue weighted by Gasteiger charge is -2.32. The van der Waals surface area contributed by atoms with Crippen molar-refractivity contribution in [2.75, 3.05) is 103 Å². The molecule has 3 aliphatic heterocycles. The normalized spacial score (nSPS) is 21.3. The Morgan fingerprint density at radius 1 is 0.483 bits per heavy atom. The fourth-order valence-electron chi connectivity index (χ4n) is 17.2. The first-order chi connectivity index (χ1) is 70.1. The number of aromatic nitrogens is 5. The molecule has 0 spiro atoms. The molecule has 0 bridgehead atoms. The first kappa shape index (κ1) is 114. The number of rotatable bonds is 42. The van der Waals surface area contributed by atoms with Crippen molar-refractivity contribution in [1.29, 1.82) is 0 Å². The van der Waals surface area contributed by atoms with Gasteiger partial charge in [-0.15, -0.1) is 0 Å². The molecule has 28 N–H and O–H groups in total. The third kappa shape index (κ3) is 35.1. The second-order valence-electron chi connectivity index (χ2n) is 36.4. The maximum Gasteiger partial charge on any atom is 0.317 e. The molecule has 16 amide bonds. The first-order valence-electron chi connectivity index (χ1n) is 47.8. The van der Waals surface area contributed by atoms with Crippen LogP contribution in [0, 0.1) is 5.92 Å². The highest BCUT2D eigenvalue weighted by Gasteiger charge is 2.45. The van der Waals surface area contributed by atoms with E-state index in [9.17, 15) is 88.2 Å². The van der Waals surface area contributed by atoms with E-state index in [0.29, 0.717) is 83.8 Å². The van der Waals surface area contributed by atoms with Crippen LogP contribution in [0.5, 0.6) is 0 Å². The Labute approximate surface area is 849 Å². The van der Waals surface area contributed by atoms with Gasteiger partial charge in [0.1, 0.15) is 72.5 Å². The molecular formula is C94H127N25O26S2. The third-order valence-electron chi connectivity index (χ3n) is 25.2. The molecule has 0 saturated carbocycles. The number of benzene rings is 3. The second kappa shape index (κ2) is 55.6. The van der Waals surface area contributed by atoms with E-state index in [0.717, 1.165) is 11.8 Å². The standard InChI is InChI=1S/C94H127N25O26S2/c1-4-50(2)81(113-93(144)82(51(3)120)114-89(140)63(30-52-38-100-60-17-10-7-14-57(52)60)104-75(124)20-6-5-13-21-99-76(125)43-115-22-24-116(44-78(128)129)26-28-118(46-80(132)133)29-27-117(25-23-115)45-79(130)131)92(143)112-71-48-147-146-47-70(91(142)110-69(32-54-40-102-62-19-12-9-16-59(54)62)94(145)119-42-56(121)34-72(119)83(97)134)111-88(139)68(37-77(126)127)109-85(136)65(33-55-41-98-49-103-55)106-84(135)64(31-53-39-101-61-18-11-8-15-58(53)61)105-86(137)66(35-73(95)122)107-87(138)67(36-74(96)123)108-90(71)141/h7-12,14-19,38-41,49-51,56,63-72,81-82,100-102,120-121H,4-6,13,20-37,42-48H2,1-3H3,(H2,95,122)(H2,96,123)(H2,97,134)(H,98,103)(H,99,125)(H,104,124)(H,105,137)(H,106,135)(H,107,138)(H,108,141)(H,109,136)(H,110,142)(H,111,139)(H,112,143)(H,113,144)(H,114,140)(H,126,127)(H,128,129)(H,130,131)(H,132,133)/t50-,51+,56-,63-,64-,65-,66-,67-,68-,69-,70-,71-,72-,81-,82-/m0/s1. The number of unbranched alkanes of at least 4 members (excludes halogenated alkanes) is 2. The minimum atomic E-state index is -2.17. The van der Waals surface area contributed by atoms with Gasteiger partial charge in [0.05, 0.1) is 64.0 Å². The number of aromatic amines is 4. The summed E-state index contributed by atoms with van der Waals surface area (Å²) in [6.45, 7) is 4.16. The summed E-state index contributed by atoms with van der Waals surface area (Å²) in [6.07, 6.45) is -0.262. The largest absolute Gasteiger partial charge is 0.481 e. The number of nitrogens with zero attached hydrogens (tertiary/aromatic N) is 6. The summed E-state index contributed by atoms with van der Waals surface area (Å²) >= 11 is 0. The van der Waals surface area contributed by atoms with Crippen LogP contribution in [-0.2, 0) is 122 Å². The maximum atomic E-state index is 15.5. The number of nitrogens with two attached hydrogens (primary N) is 3. The average Bonchev–Trinajstić information content (AvgIpc) is 1.67. The summed E-state index contributed by atoms with van der Waals surface area (Å²) in [6, 6.07) is -1.74. The van der Waals surface area contributed by atoms with Gasteiger partial charge in [0.2, 0.25) is 94.5 Å². The Morgan fingerprint density at radius 3 is 1.43 bits per heavy atom. The number of aliphatic hydroxyl groups is 2. The van der Waals surface area contributed by atoms with Crippen LogP contribution in [0.2, 0.25) is 0 Å². The van der Waals surface area contributed by atoms with Gasteiger partial charge in [-0.25, -0.2) is 4.98 Å². The number of carboxylic acids is 4. The summed E-state index contributed by atoms with van der Waals surface area (Å²) in [4.78, 5) is 306. The molecule has 7 aromatic rings. The topological polar surface area (TPSA) is 777 Å². The maximum absolute atomic E-state index is 15.5. The van der Waals surface area contributed by atoms with E-state index in [1.165, 1.54) is 25.6 Å². The van der Waals surface area contributed by atoms with Crippen molar-refractivity contribution in [3.8, 4) is 0 Å². The fourth-order valence-corrected chi connectivity index (χ4v) is 19.6. The lowest BCUT2D eigenvalue weighted by Crippen LogP contribution is -2.63.